The van der Waals surface area contributed by atoms with Gasteiger partial charge in [0, 0.05) is 11.6 Å². The highest BCUT2D eigenvalue weighted by atomic mass is 35.5. The maximum absolute atomic E-state index is 10.2. The predicted octanol–water partition coefficient (Wildman–Crippen LogP) is 4.60. The standard InChI is InChI=1S/C19H21ClN2O2/c1-2-18(23)19-21-16-6-3-4-7-17(16)22(19)12-5-13-24-15-10-8-14(20)9-11-15/h3-4,6-11,18,23H,2,5,12-13H2,1H3/t18-/m0/s1. The number of para-hydroxylation sites is 2. The third-order valence-corrected chi connectivity index (χ3v) is 4.23. The third-order valence-electron chi connectivity index (χ3n) is 3.98. The molecule has 0 saturated heterocycles. The zero-order chi connectivity index (χ0) is 16.9. The Bertz CT molecular complexity index is 799. The molecule has 0 bridgehead atoms. The minimum atomic E-state index is -0.547. The third kappa shape index (κ3) is 3.71. The molecule has 3 aromatic rings. The van der Waals surface area contributed by atoms with E-state index in [2.05, 4.69) is 9.55 Å². The van der Waals surface area contributed by atoms with E-state index in [0.29, 0.717) is 18.1 Å². The molecule has 0 unspecified atom stereocenters. The van der Waals surface area contributed by atoms with Crippen molar-refractivity contribution >= 4 is 22.6 Å². The Morgan fingerprint density at radius 1 is 1.17 bits per heavy atom. The van der Waals surface area contributed by atoms with Crippen LogP contribution in [-0.4, -0.2) is 21.3 Å². The number of nitrogens with zero attached hydrogens (tertiary/aromatic N) is 2. The Hall–Kier alpha value is -2.04. The van der Waals surface area contributed by atoms with Gasteiger partial charge in [-0.25, -0.2) is 4.98 Å². The summed E-state index contributed by atoms with van der Waals surface area (Å²) in [6, 6.07) is 15.3. The van der Waals surface area contributed by atoms with Crippen molar-refractivity contribution in [2.75, 3.05) is 6.61 Å². The SMILES string of the molecule is CC[C@H](O)c1nc2ccccc2n1CCCOc1ccc(Cl)cc1. The van der Waals surface area contributed by atoms with Gasteiger partial charge in [0.1, 0.15) is 17.7 Å². The average molecular weight is 345 g/mol. The van der Waals surface area contributed by atoms with Crippen molar-refractivity contribution < 1.29 is 9.84 Å². The number of rotatable bonds is 7. The van der Waals surface area contributed by atoms with Crippen LogP contribution in [0.4, 0.5) is 0 Å². The highest BCUT2D eigenvalue weighted by Crippen LogP contribution is 2.23. The van der Waals surface area contributed by atoms with Crippen LogP contribution < -0.4 is 4.74 Å². The molecule has 0 fully saturated rings. The van der Waals surface area contributed by atoms with Crippen LogP contribution in [0.15, 0.2) is 48.5 Å². The first-order valence-corrected chi connectivity index (χ1v) is 8.58. The Kier molecular flexibility index (Phi) is 5.38. The molecular weight excluding hydrogens is 324 g/mol. The summed E-state index contributed by atoms with van der Waals surface area (Å²) in [5, 5.41) is 10.9. The van der Waals surface area contributed by atoms with Crippen molar-refractivity contribution in [3.05, 3.63) is 59.4 Å². The maximum Gasteiger partial charge on any atom is 0.138 e. The summed E-state index contributed by atoms with van der Waals surface area (Å²) in [4.78, 5) is 4.59. The molecule has 1 heterocycles. The van der Waals surface area contributed by atoms with Crippen LogP contribution in [0.3, 0.4) is 0 Å². The summed E-state index contributed by atoms with van der Waals surface area (Å²) >= 11 is 5.87. The van der Waals surface area contributed by atoms with Gasteiger partial charge < -0.3 is 14.4 Å². The fourth-order valence-electron chi connectivity index (χ4n) is 2.71. The molecule has 126 valence electrons. The molecule has 2 aromatic carbocycles. The lowest BCUT2D eigenvalue weighted by molar-refractivity contribution is 0.158. The number of aliphatic hydroxyl groups excluding tert-OH is 1. The fraction of sp³-hybridized carbons (Fsp3) is 0.316. The van der Waals surface area contributed by atoms with Gasteiger partial charge in [-0.15, -0.1) is 0 Å². The van der Waals surface area contributed by atoms with Gasteiger partial charge in [0.15, 0.2) is 0 Å². The number of imidazole rings is 1. The van der Waals surface area contributed by atoms with Gasteiger partial charge in [0.2, 0.25) is 0 Å². The van der Waals surface area contributed by atoms with Gasteiger partial charge in [0.25, 0.3) is 0 Å². The van der Waals surface area contributed by atoms with Crippen molar-refractivity contribution in [2.24, 2.45) is 0 Å². The molecule has 0 saturated carbocycles. The second-order valence-electron chi connectivity index (χ2n) is 5.69. The predicted molar refractivity (Wildman–Crippen MR) is 96.5 cm³/mol. The number of fused-ring (bicyclic) bond motifs is 1. The normalized spacial score (nSPS) is 12.5. The number of benzene rings is 2. The lowest BCUT2D eigenvalue weighted by Crippen LogP contribution is -2.11. The van der Waals surface area contributed by atoms with Crippen LogP contribution >= 0.6 is 11.6 Å². The summed E-state index contributed by atoms with van der Waals surface area (Å²) in [6.07, 6.45) is 0.923. The minimum absolute atomic E-state index is 0.547. The molecule has 1 N–H and O–H groups in total. The Balaban J connectivity index is 1.68. The molecule has 3 rings (SSSR count). The molecule has 0 aliphatic rings. The van der Waals surface area contributed by atoms with Crippen molar-refractivity contribution in [2.45, 2.75) is 32.4 Å². The van der Waals surface area contributed by atoms with Gasteiger partial charge in [-0.05, 0) is 49.2 Å². The second kappa shape index (κ2) is 7.69. The van der Waals surface area contributed by atoms with Gasteiger partial charge in [-0.3, -0.25) is 0 Å². The van der Waals surface area contributed by atoms with Gasteiger partial charge >= 0.3 is 0 Å². The van der Waals surface area contributed by atoms with Crippen LogP contribution in [0.2, 0.25) is 5.02 Å². The quantitative estimate of drug-likeness (QED) is 0.637. The molecule has 0 aliphatic heterocycles. The molecule has 1 aromatic heterocycles. The van der Waals surface area contributed by atoms with Gasteiger partial charge in [-0.1, -0.05) is 30.7 Å². The van der Waals surface area contributed by atoms with E-state index in [1.807, 2.05) is 55.5 Å². The fourth-order valence-corrected chi connectivity index (χ4v) is 2.84. The smallest absolute Gasteiger partial charge is 0.138 e. The highest BCUT2D eigenvalue weighted by Gasteiger charge is 2.16. The molecule has 0 amide bonds. The molecule has 0 spiro atoms. The van der Waals surface area contributed by atoms with Crippen LogP contribution in [0, 0.1) is 0 Å². The van der Waals surface area contributed by atoms with E-state index in [0.717, 1.165) is 35.6 Å². The van der Waals surface area contributed by atoms with E-state index in [1.165, 1.54) is 0 Å². The monoisotopic (exact) mass is 344 g/mol. The molecule has 24 heavy (non-hydrogen) atoms. The number of halogens is 1. The van der Waals surface area contributed by atoms with Crippen LogP contribution in [0.5, 0.6) is 5.75 Å². The summed E-state index contributed by atoms with van der Waals surface area (Å²) in [6.45, 7) is 3.30. The van der Waals surface area contributed by atoms with E-state index in [4.69, 9.17) is 16.3 Å². The molecule has 0 radical (unpaired) electrons. The van der Waals surface area contributed by atoms with Crippen LogP contribution in [0.25, 0.3) is 11.0 Å². The maximum atomic E-state index is 10.2. The zero-order valence-electron chi connectivity index (χ0n) is 13.7. The van der Waals surface area contributed by atoms with E-state index in [-0.39, 0.29) is 0 Å². The lowest BCUT2D eigenvalue weighted by atomic mass is 10.2. The lowest BCUT2D eigenvalue weighted by Gasteiger charge is -2.13. The van der Waals surface area contributed by atoms with Crippen LogP contribution in [-0.2, 0) is 6.54 Å². The first-order valence-electron chi connectivity index (χ1n) is 8.20. The molecule has 1 atom stereocenters. The Morgan fingerprint density at radius 3 is 2.67 bits per heavy atom. The summed E-state index contributed by atoms with van der Waals surface area (Å²) < 4.78 is 7.84. The minimum Gasteiger partial charge on any atom is -0.494 e. The summed E-state index contributed by atoms with van der Waals surface area (Å²) in [5.41, 5.74) is 1.96. The largest absolute Gasteiger partial charge is 0.494 e. The number of hydrogen-bond donors (Lipinski definition) is 1. The Labute approximate surface area is 146 Å². The van der Waals surface area contributed by atoms with Gasteiger partial charge in [-0.2, -0.15) is 0 Å². The number of ether oxygens (including phenoxy) is 1. The van der Waals surface area contributed by atoms with Crippen LogP contribution in [0.1, 0.15) is 31.7 Å². The first-order chi connectivity index (χ1) is 11.7. The molecular formula is C19H21ClN2O2. The van der Waals surface area contributed by atoms with E-state index in [1.54, 1.807) is 0 Å². The molecule has 0 aliphatic carbocycles. The van der Waals surface area contributed by atoms with Crippen molar-refractivity contribution in [3.8, 4) is 5.75 Å². The van der Waals surface area contributed by atoms with E-state index >= 15 is 0 Å². The van der Waals surface area contributed by atoms with Crippen molar-refractivity contribution in [1.82, 2.24) is 9.55 Å². The number of aromatic nitrogens is 2. The number of aryl methyl sites for hydroxylation is 1. The van der Waals surface area contributed by atoms with Crippen molar-refractivity contribution in [1.29, 1.82) is 0 Å². The van der Waals surface area contributed by atoms with E-state index < -0.39 is 6.10 Å². The summed E-state index contributed by atoms with van der Waals surface area (Å²) in [7, 11) is 0. The molecule has 5 heteroatoms. The Morgan fingerprint density at radius 2 is 1.92 bits per heavy atom. The average Bonchev–Trinajstić information content (AvgIpc) is 2.98. The second-order valence-corrected chi connectivity index (χ2v) is 6.13. The molecule has 4 nitrogen and oxygen atoms in total. The highest BCUT2D eigenvalue weighted by molar-refractivity contribution is 6.30. The van der Waals surface area contributed by atoms with Gasteiger partial charge in [0.05, 0.1) is 17.6 Å². The number of aliphatic hydroxyl groups is 1. The first kappa shape index (κ1) is 16.8. The number of hydrogen-bond acceptors (Lipinski definition) is 3. The summed E-state index contributed by atoms with van der Waals surface area (Å²) in [5.74, 6) is 1.54. The zero-order valence-corrected chi connectivity index (χ0v) is 14.4. The topological polar surface area (TPSA) is 47.3 Å². The van der Waals surface area contributed by atoms with E-state index in [9.17, 15) is 5.11 Å². The van der Waals surface area contributed by atoms with Crippen molar-refractivity contribution in [3.63, 3.8) is 0 Å².